The lowest BCUT2D eigenvalue weighted by Gasteiger charge is -2.07. The zero-order valence-electron chi connectivity index (χ0n) is 11.1. The lowest BCUT2D eigenvalue weighted by atomic mass is 10.1. The van der Waals surface area contributed by atoms with Crippen LogP contribution in [0.1, 0.15) is 25.2 Å². The highest BCUT2D eigenvalue weighted by Gasteiger charge is 2.07. The third kappa shape index (κ3) is 2.53. The van der Waals surface area contributed by atoms with E-state index in [1.165, 1.54) is 12.5 Å². The van der Waals surface area contributed by atoms with Gasteiger partial charge >= 0.3 is 5.97 Å². The summed E-state index contributed by atoms with van der Waals surface area (Å²) in [7, 11) is 0. The van der Waals surface area contributed by atoms with Gasteiger partial charge in [0.25, 0.3) is 0 Å². The van der Waals surface area contributed by atoms with Crippen molar-refractivity contribution in [3.8, 4) is 0 Å². The summed E-state index contributed by atoms with van der Waals surface area (Å²) >= 11 is 0. The highest BCUT2D eigenvalue weighted by Crippen LogP contribution is 2.18. The maximum atomic E-state index is 10.8. The monoisotopic (exact) mass is 246 g/mol. The van der Waals surface area contributed by atoms with Gasteiger partial charge < -0.3 is 9.30 Å². The van der Waals surface area contributed by atoms with E-state index in [9.17, 15) is 4.79 Å². The molecule has 0 N–H and O–H groups in total. The molecule has 0 radical (unpaired) electrons. The first-order valence-corrected chi connectivity index (χ1v) is 6.21. The van der Waals surface area contributed by atoms with Crippen molar-refractivity contribution < 1.29 is 9.53 Å². The van der Waals surface area contributed by atoms with Crippen molar-refractivity contribution in [2.24, 2.45) is 0 Å². The van der Waals surface area contributed by atoms with Gasteiger partial charge in [0.15, 0.2) is 0 Å². The van der Waals surface area contributed by atoms with E-state index in [2.05, 4.69) is 34.7 Å². The number of hydrogen-bond donors (Lipinski definition) is 0. The molecule has 0 atom stereocenters. The lowest BCUT2D eigenvalue weighted by Crippen LogP contribution is -2.09. The van der Waals surface area contributed by atoms with E-state index < -0.39 is 0 Å². The number of benzene rings is 1. The number of aromatic nitrogens is 2. The van der Waals surface area contributed by atoms with Crippen molar-refractivity contribution in [1.82, 2.24) is 9.55 Å². The van der Waals surface area contributed by atoms with Gasteiger partial charge in [0.1, 0.15) is 12.4 Å². The standard InChI is InChI=1S/C14H18N2O2/c1-4-12-5-6-14-13(9-12)15-10(2)16(14)7-8-18-11(3)17/h5-6,9H,4,7-8H2,1-3H3. The first-order valence-electron chi connectivity index (χ1n) is 6.21. The molecule has 0 amide bonds. The van der Waals surface area contributed by atoms with Crippen molar-refractivity contribution in [3.05, 3.63) is 29.6 Å². The molecule has 1 aromatic carbocycles. The first kappa shape index (κ1) is 12.6. The number of carbonyl (C=O) groups excluding carboxylic acids is 1. The van der Waals surface area contributed by atoms with E-state index in [1.807, 2.05) is 6.92 Å². The van der Waals surface area contributed by atoms with E-state index >= 15 is 0 Å². The van der Waals surface area contributed by atoms with Gasteiger partial charge in [-0.1, -0.05) is 13.0 Å². The van der Waals surface area contributed by atoms with Gasteiger partial charge in [0, 0.05) is 6.92 Å². The fourth-order valence-corrected chi connectivity index (χ4v) is 2.08. The number of esters is 1. The number of nitrogens with zero attached hydrogens (tertiary/aromatic N) is 2. The topological polar surface area (TPSA) is 44.1 Å². The minimum atomic E-state index is -0.245. The Morgan fingerprint density at radius 2 is 2.22 bits per heavy atom. The van der Waals surface area contributed by atoms with Crippen LogP contribution in [-0.2, 0) is 22.5 Å². The average molecular weight is 246 g/mol. The summed E-state index contributed by atoms with van der Waals surface area (Å²) in [5, 5.41) is 0. The Labute approximate surface area is 107 Å². The molecule has 0 aliphatic carbocycles. The van der Waals surface area contributed by atoms with E-state index in [1.54, 1.807) is 0 Å². The second-order valence-electron chi connectivity index (χ2n) is 4.33. The Bertz CT molecular complexity index is 572. The predicted molar refractivity (Wildman–Crippen MR) is 70.5 cm³/mol. The fourth-order valence-electron chi connectivity index (χ4n) is 2.08. The van der Waals surface area contributed by atoms with Gasteiger partial charge in [-0.25, -0.2) is 4.98 Å². The SMILES string of the molecule is CCc1ccc2c(c1)nc(C)n2CCOC(C)=O. The number of fused-ring (bicyclic) bond motifs is 1. The van der Waals surface area contributed by atoms with Crippen LogP contribution in [0.2, 0.25) is 0 Å². The predicted octanol–water partition coefficient (Wildman–Crippen LogP) is 2.47. The smallest absolute Gasteiger partial charge is 0.302 e. The van der Waals surface area contributed by atoms with Crippen LogP contribution in [0.3, 0.4) is 0 Å². The van der Waals surface area contributed by atoms with E-state index in [0.717, 1.165) is 23.3 Å². The highest BCUT2D eigenvalue weighted by atomic mass is 16.5. The number of imidazole rings is 1. The maximum Gasteiger partial charge on any atom is 0.302 e. The number of hydrogen-bond acceptors (Lipinski definition) is 3. The number of carbonyl (C=O) groups is 1. The summed E-state index contributed by atoms with van der Waals surface area (Å²) in [6.07, 6.45) is 1.01. The fraction of sp³-hybridized carbons (Fsp3) is 0.429. The number of rotatable bonds is 4. The molecular weight excluding hydrogens is 228 g/mol. The molecule has 2 aromatic rings. The molecule has 0 saturated heterocycles. The largest absolute Gasteiger partial charge is 0.464 e. The van der Waals surface area contributed by atoms with Gasteiger partial charge in [0.2, 0.25) is 0 Å². The summed E-state index contributed by atoms with van der Waals surface area (Å²) < 4.78 is 7.06. The molecule has 0 saturated carbocycles. The second kappa shape index (κ2) is 5.21. The Hall–Kier alpha value is -1.84. The summed E-state index contributed by atoms with van der Waals surface area (Å²) in [5.41, 5.74) is 3.39. The molecule has 0 bridgehead atoms. The van der Waals surface area contributed by atoms with E-state index in [0.29, 0.717) is 13.2 Å². The van der Waals surface area contributed by atoms with Crippen molar-refractivity contribution >= 4 is 17.0 Å². The molecule has 4 heteroatoms. The van der Waals surface area contributed by atoms with Crippen LogP contribution >= 0.6 is 0 Å². The number of aryl methyl sites for hydroxylation is 2. The van der Waals surface area contributed by atoms with Crippen molar-refractivity contribution in [2.45, 2.75) is 33.7 Å². The molecule has 96 valence electrons. The third-order valence-corrected chi connectivity index (χ3v) is 3.03. The molecular formula is C14H18N2O2. The second-order valence-corrected chi connectivity index (χ2v) is 4.33. The summed E-state index contributed by atoms with van der Waals surface area (Å²) in [6, 6.07) is 6.32. The molecule has 0 fully saturated rings. The molecule has 0 spiro atoms. The minimum Gasteiger partial charge on any atom is -0.464 e. The normalized spacial score (nSPS) is 10.8. The van der Waals surface area contributed by atoms with Crippen molar-refractivity contribution in [3.63, 3.8) is 0 Å². The van der Waals surface area contributed by atoms with Crippen molar-refractivity contribution in [2.75, 3.05) is 6.61 Å². The maximum absolute atomic E-state index is 10.8. The summed E-state index contributed by atoms with van der Waals surface area (Å²) in [4.78, 5) is 15.3. The van der Waals surface area contributed by atoms with Gasteiger partial charge in [0.05, 0.1) is 17.6 Å². The Balaban J connectivity index is 2.27. The van der Waals surface area contributed by atoms with Gasteiger partial charge in [-0.3, -0.25) is 4.79 Å². The average Bonchev–Trinajstić information content (AvgIpc) is 2.64. The lowest BCUT2D eigenvalue weighted by molar-refractivity contribution is -0.141. The molecule has 4 nitrogen and oxygen atoms in total. The first-order chi connectivity index (χ1) is 8.61. The quantitative estimate of drug-likeness (QED) is 0.778. The van der Waals surface area contributed by atoms with Crippen molar-refractivity contribution in [1.29, 1.82) is 0 Å². The Kier molecular flexibility index (Phi) is 3.65. The van der Waals surface area contributed by atoms with Gasteiger partial charge in [-0.2, -0.15) is 0 Å². The molecule has 0 aliphatic heterocycles. The van der Waals surface area contributed by atoms with Crippen LogP contribution in [0.5, 0.6) is 0 Å². The summed E-state index contributed by atoms with van der Waals surface area (Å²) in [5.74, 6) is 0.704. The van der Waals surface area contributed by atoms with Gasteiger partial charge in [-0.05, 0) is 31.0 Å². The zero-order valence-corrected chi connectivity index (χ0v) is 11.1. The van der Waals surface area contributed by atoms with Crippen LogP contribution < -0.4 is 0 Å². The molecule has 1 aromatic heterocycles. The van der Waals surface area contributed by atoms with Crippen LogP contribution in [0.4, 0.5) is 0 Å². The van der Waals surface area contributed by atoms with Gasteiger partial charge in [-0.15, -0.1) is 0 Å². The van der Waals surface area contributed by atoms with Crippen LogP contribution in [0, 0.1) is 6.92 Å². The van der Waals surface area contributed by atoms with Crippen LogP contribution in [-0.4, -0.2) is 22.1 Å². The Morgan fingerprint density at radius 3 is 2.89 bits per heavy atom. The Morgan fingerprint density at radius 1 is 1.44 bits per heavy atom. The highest BCUT2D eigenvalue weighted by molar-refractivity contribution is 5.77. The third-order valence-electron chi connectivity index (χ3n) is 3.03. The molecule has 0 aliphatic rings. The molecule has 1 heterocycles. The van der Waals surface area contributed by atoms with E-state index in [4.69, 9.17) is 4.74 Å². The molecule has 0 unspecified atom stereocenters. The molecule has 18 heavy (non-hydrogen) atoms. The van der Waals surface area contributed by atoms with E-state index in [-0.39, 0.29) is 5.97 Å². The summed E-state index contributed by atoms with van der Waals surface area (Å²) in [6.45, 7) is 6.56. The minimum absolute atomic E-state index is 0.245. The van der Waals surface area contributed by atoms with Crippen LogP contribution in [0.15, 0.2) is 18.2 Å². The van der Waals surface area contributed by atoms with Crippen LogP contribution in [0.25, 0.3) is 11.0 Å². The molecule has 2 rings (SSSR count). The number of ether oxygens (including phenoxy) is 1. The zero-order chi connectivity index (χ0) is 13.1.